The highest BCUT2D eigenvalue weighted by Crippen LogP contribution is 2.25. The zero-order valence-corrected chi connectivity index (χ0v) is 20.4. The fourth-order valence-electron chi connectivity index (χ4n) is 4.63. The fourth-order valence-corrected chi connectivity index (χ4v) is 4.63. The zero-order valence-electron chi connectivity index (χ0n) is 20.4. The highest BCUT2D eigenvalue weighted by atomic mass is 16.5. The minimum Gasteiger partial charge on any atom is -0.378 e. The van der Waals surface area contributed by atoms with Gasteiger partial charge in [0, 0.05) is 38.4 Å². The van der Waals surface area contributed by atoms with Crippen LogP contribution in [0.1, 0.15) is 11.4 Å². The van der Waals surface area contributed by atoms with E-state index in [1.165, 1.54) is 5.56 Å². The first-order chi connectivity index (χ1) is 17.7. The lowest BCUT2D eigenvalue weighted by Crippen LogP contribution is -2.40. The molecule has 0 radical (unpaired) electrons. The van der Waals surface area contributed by atoms with E-state index in [1.807, 2.05) is 25.1 Å². The van der Waals surface area contributed by atoms with E-state index in [-0.39, 0.29) is 0 Å². The second kappa shape index (κ2) is 10.1. The van der Waals surface area contributed by atoms with Crippen molar-refractivity contribution in [1.29, 1.82) is 0 Å². The number of benzene rings is 2. The molecule has 0 aliphatic carbocycles. The highest BCUT2D eigenvalue weighted by molar-refractivity contribution is 5.81. The number of nitrogens with zero attached hydrogens (tertiary/aromatic N) is 7. The van der Waals surface area contributed by atoms with Crippen molar-refractivity contribution in [3.05, 3.63) is 59.9 Å². The van der Waals surface area contributed by atoms with E-state index in [2.05, 4.69) is 50.0 Å². The SMILES string of the molecule is Cc1nc2ccc(Nc3nc(N4CCOCC4)nc(N4CCOCC4)n3)cc2n1Cc1ccccc1. The fraction of sp³-hybridized carbons (Fsp3) is 0.385. The number of imidazole rings is 1. The molecule has 2 fully saturated rings. The molecule has 6 rings (SSSR count). The molecule has 4 aromatic rings. The van der Waals surface area contributed by atoms with Crippen molar-refractivity contribution in [1.82, 2.24) is 24.5 Å². The molecular formula is C26H30N8O2. The van der Waals surface area contributed by atoms with Gasteiger partial charge in [0.2, 0.25) is 17.8 Å². The first kappa shape index (κ1) is 22.7. The van der Waals surface area contributed by atoms with Crippen LogP contribution in [0.3, 0.4) is 0 Å². The predicted octanol–water partition coefficient (Wildman–Crippen LogP) is 2.99. The maximum Gasteiger partial charge on any atom is 0.233 e. The Balaban J connectivity index is 1.33. The molecule has 0 bridgehead atoms. The van der Waals surface area contributed by atoms with Crippen molar-refractivity contribution < 1.29 is 9.47 Å². The van der Waals surface area contributed by atoms with Crippen LogP contribution < -0.4 is 15.1 Å². The van der Waals surface area contributed by atoms with Gasteiger partial charge in [0.25, 0.3) is 0 Å². The normalized spacial score (nSPS) is 16.5. The number of aryl methyl sites for hydroxylation is 1. The summed E-state index contributed by atoms with van der Waals surface area (Å²) >= 11 is 0. The number of anilines is 4. The van der Waals surface area contributed by atoms with Gasteiger partial charge >= 0.3 is 0 Å². The molecule has 0 spiro atoms. The summed E-state index contributed by atoms with van der Waals surface area (Å²) in [5.41, 5.74) is 4.18. The molecular weight excluding hydrogens is 456 g/mol. The zero-order chi connectivity index (χ0) is 24.3. The average molecular weight is 487 g/mol. The van der Waals surface area contributed by atoms with Gasteiger partial charge in [-0.2, -0.15) is 15.0 Å². The monoisotopic (exact) mass is 486 g/mol. The molecule has 0 unspecified atom stereocenters. The second-order valence-electron chi connectivity index (χ2n) is 9.02. The summed E-state index contributed by atoms with van der Waals surface area (Å²) in [6, 6.07) is 16.6. The van der Waals surface area contributed by atoms with Crippen molar-refractivity contribution in [3.8, 4) is 0 Å². The first-order valence-corrected chi connectivity index (χ1v) is 12.4. The lowest BCUT2D eigenvalue weighted by atomic mass is 10.2. The molecule has 2 aliphatic heterocycles. The lowest BCUT2D eigenvalue weighted by Gasteiger charge is -2.30. The van der Waals surface area contributed by atoms with Gasteiger partial charge in [-0.25, -0.2) is 4.98 Å². The molecule has 0 saturated carbocycles. The van der Waals surface area contributed by atoms with Gasteiger partial charge in [0.1, 0.15) is 5.82 Å². The molecule has 2 saturated heterocycles. The average Bonchev–Trinajstić information content (AvgIpc) is 3.24. The van der Waals surface area contributed by atoms with E-state index >= 15 is 0 Å². The Morgan fingerprint density at radius 2 is 1.42 bits per heavy atom. The molecule has 2 aliphatic rings. The molecule has 0 atom stereocenters. The van der Waals surface area contributed by atoms with Gasteiger partial charge in [-0.05, 0) is 30.7 Å². The van der Waals surface area contributed by atoms with E-state index in [9.17, 15) is 0 Å². The third kappa shape index (κ3) is 4.82. The van der Waals surface area contributed by atoms with Crippen LogP contribution in [0.5, 0.6) is 0 Å². The molecule has 2 aromatic heterocycles. The first-order valence-electron chi connectivity index (χ1n) is 12.4. The van der Waals surface area contributed by atoms with Crippen LogP contribution in [0.4, 0.5) is 23.5 Å². The number of rotatable bonds is 6. The molecule has 36 heavy (non-hydrogen) atoms. The molecule has 10 nitrogen and oxygen atoms in total. The van der Waals surface area contributed by atoms with Crippen molar-refractivity contribution in [3.63, 3.8) is 0 Å². The number of ether oxygens (including phenoxy) is 2. The third-order valence-electron chi connectivity index (χ3n) is 6.58. The van der Waals surface area contributed by atoms with Gasteiger partial charge < -0.3 is 29.2 Å². The van der Waals surface area contributed by atoms with Crippen molar-refractivity contribution in [2.24, 2.45) is 0 Å². The van der Waals surface area contributed by atoms with Crippen LogP contribution >= 0.6 is 0 Å². The minimum absolute atomic E-state index is 0.526. The maximum atomic E-state index is 5.53. The van der Waals surface area contributed by atoms with E-state index in [4.69, 9.17) is 29.4 Å². The van der Waals surface area contributed by atoms with Crippen molar-refractivity contribution in [2.45, 2.75) is 13.5 Å². The van der Waals surface area contributed by atoms with Crippen LogP contribution in [0, 0.1) is 6.92 Å². The van der Waals surface area contributed by atoms with E-state index < -0.39 is 0 Å². The number of hydrogen-bond donors (Lipinski definition) is 1. The van der Waals surface area contributed by atoms with Crippen LogP contribution in [-0.2, 0) is 16.0 Å². The number of aromatic nitrogens is 5. The lowest BCUT2D eigenvalue weighted by molar-refractivity contribution is 0.121. The largest absolute Gasteiger partial charge is 0.378 e. The molecule has 2 aromatic carbocycles. The Morgan fingerprint density at radius 3 is 2.06 bits per heavy atom. The molecule has 0 amide bonds. The second-order valence-corrected chi connectivity index (χ2v) is 9.02. The summed E-state index contributed by atoms with van der Waals surface area (Å²) < 4.78 is 13.3. The van der Waals surface area contributed by atoms with Crippen LogP contribution in [0.2, 0.25) is 0 Å². The van der Waals surface area contributed by atoms with Gasteiger partial charge in [-0.1, -0.05) is 30.3 Å². The Bertz CT molecular complexity index is 1290. The van der Waals surface area contributed by atoms with Gasteiger partial charge in [-0.15, -0.1) is 0 Å². The quantitative estimate of drug-likeness (QED) is 0.441. The number of fused-ring (bicyclic) bond motifs is 1. The summed E-state index contributed by atoms with van der Waals surface area (Å²) in [5, 5.41) is 3.44. The molecule has 186 valence electrons. The summed E-state index contributed by atoms with van der Waals surface area (Å²) in [5.74, 6) is 2.85. The van der Waals surface area contributed by atoms with Crippen LogP contribution in [0.25, 0.3) is 11.0 Å². The van der Waals surface area contributed by atoms with Crippen LogP contribution in [-0.4, -0.2) is 77.1 Å². The van der Waals surface area contributed by atoms with Gasteiger partial charge in [0.15, 0.2) is 0 Å². The van der Waals surface area contributed by atoms with E-state index in [1.54, 1.807) is 0 Å². The Kier molecular flexibility index (Phi) is 6.35. The van der Waals surface area contributed by atoms with Gasteiger partial charge in [0.05, 0.1) is 37.5 Å². The van der Waals surface area contributed by atoms with Gasteiger partial charge in [-0.3, -0.25) is 0 Å². The summed E-state index contributed by atoms with van der Waals surface area (Å²) in [7, 11) is 0. The number of morpholine rings is 2. The number of nitrogens with one attached hydrogen (secondary N) is 1. The van der Waals surface area contributed by atoms with E-state index in [0.29, 0.717) is 44.3 Å². The maximum absolute atomic E-state index is 5.53. The topological polar surface area (TPSA) is 93.5 Å². The Hall–Kier alpha value is -3.76. The predicted molar refractivity (Wildman–Crippen MR) is 139 cm³/mol. The number of hydrogen-bond acceptors (Lipinski definition) is 9. The standard InChI is InChI=1S/C26H30N8O2/c1-19-27-22-8-7-21(17-23(22)34(19)18-20-5-3-2-4-6-20)28-24-29-25(32-9-13-35-14-10-32)31-26(30-24)33-11-15-36-16-12-33/h2-8,17H,9-16,18H2,1H3,(H,28,29,30,31). The summed E-state index contributed by atoms with van der Waals surface area (Å²) in [6.07, 6.45) is 0. The minimum atomic E-state index is 0.526. The molecule has 1 N–H and O–H groups in total. The van der Waals surface area contributed by atoms with Crippen LogP contribution in [0.15, 0.2) is 48.5 Å². The van der Waals surface area contributed by atoms with Crippen molar-refractivity contribution >= 4 is 34.6 Å². The molecule has 4 heterocycles. The highest BCUT2D eigenvalue weighted by Gasteiger charge is 2.21. The Morgan fingerprint density at radius 1 is 0.778 bits per heavy atom. The molecule has 10 heteroatoms. The summed E-state index contributed by atoms with van der Waals surface area (Å²) in [6.45, 7) is 8.53. The summed E-state index contributed by atoms with van der Waals surface area (Å²) in [4.78, 5) is 23.4. The third-order valence-corrected chi connectivity index (χ3v) is 6.58. The van der Waals surface area contributed by atoms with E-state index in [0.717, 1.165) is 55.3 Å². The Labute approximate surface area is 209 Å². The van der Waals surface area contributed by atoms with Crippen molar-refractivity contribution in [2.75, 3.05) is 67.7 Å². The smallest absolute Gasteiger partial charge is 0.233 e.